The number of amidine groups is 1. The van der Waals surface area contributed by atoms with Gasteiger partial charge in [0.1, 0.15) is 28.8 Å². The molecule has 2 N–H and O–H groups in total. The van der Waals surface area contributed by atoms with Crippen LogP contribution >= 0.6 is 0 Å². The number of ether oxygens (including phenoxy) is 2. The fraction of sp³-hybridized carbons (Fsp3) is 0.190. The summed E-state index contributed by atoms with van der Waals surface area (Å²) >= 11 is 0. The van der Waals surface area contributed by atoms with Crippen LogP contribution in [0.25, 0.3) is 11.3 Å². The van der Waals surface area contributed by atoms with Crippen LogP contribution in [0.1, 0.15) is 16.1 Å². The molecule has 8 heteroatoms. The molecule has 148 valence electrons. The van der Waals surface area contributed by atoms with E-state index in [1.54, 1.807) is 7.11 Å². The fourth-order valence-corrected chi connectivity index (χ4v) is 3.09. The fourth-order valence-electron chi connectivity index (χ4n) is 3.09. The second kappa shape index (κ2) is 7.67. The summed E-state index contributed by atoms with van der Waals surface area (Å²) in [6.45, 7) is 1.63. The maximum Gasteiger partial charge on any atom is 0.287 e. The molecule has 0 aliphatic carbocycles. The number of likely N-dealkylation sites (N-methyl/N-ethyl adjacent to an activating group) is 1. The molecule has 8 nitrogen and oxygen atoms in total. The van der Waals surface area contributed by atoms with Crippen molar-refractivity contribution in [1.29, 1.82) is 0 Å². The number of hydrogen-bond donors (Lipinski definition) is 1. The topological polar surface area (TPSA) is 103 Å². The van der Waals surface area contributed by atoms with Crippen LogP contribution in [0.2, 0.25) is 0 Å². The molecule has 4 rings (SSSR count). The van der Waals surface area contributed by atoms with Gasteiger partial charge in [-0.05, 0) is 36.4 Å². The molecule has 0 saturated heterocycles. The Morgan fingerprint density at radius 2 is 1.90 bits per heavy atom. The van der Waals surface area contributed by atoms with E-state index in [2.05, 4.69) is 15.0 Å². The molecule has 1 amide bonds. The molecule has 0 spiro atoms. The molecule has 1 aliphatic heterocycles. The van der Waals surface area contributed by atoms with Crippen molar-refractivity contribution in [3.05, 3.63) is 59.9 Å². The maximum absolute atomic E-state index is 11.4. The van der Waals surface area contributed by atoms with Crippen molar-refractivity contribution in [3.63, 3.8) is 0 Å². The molecule has 0 radical (unpaired) electrons. The summed E-state index contributed by atoms with van der Waals surface area (Å²) in [4.78, 5) is 18.0. The molecule has 29 heavy (non-hydrogen) atoms. The van der Waals surface area contributed by atoms with Crippen molar-refractivity contribution in [2.45, 2.75) is 0 Å². The summed E-state index contributed by atoms with van der Waals surface area (Å²) in [5, 5.41) is 3.96. The highest BCUT2D eigenvalue weighted by Gasteiger charge is 2.20. The zero-order valence-electron chi connectivity index (χ0n) is 16.1. The molecule has 2 heterocycles. The third-order valence-electron chi connectivity index (χ3n) is 4.61. The minimum Gasteiger partial charge on any atom is -0.497 e. The Morgan fingerprint density at radius 1 is 1.14 bits per heavy atom. The van der Waals surface area contributed by atoms with Gasteiger partial charge in [-0.3, -0.25) is 9.79 Å². The number of rotatable bonds is 6. The van der Waals surface area contributed by atoms with Gasteiger partial charge in [-0.1, -0.05) is 11.2 Å². The van der Waals surface area contributed by atoms with E-state index in [1.807, 2.05) is 49.5 Å². The van der Waals surface area contributed by atoms with Gasteiger partial charge < -0.3 is 24.6 Å². The average Bonchev–Trinajstić information content (AvgIpc) is 3.38. The highest BCUT2D eigenvalue weighted by Crippen LogP contribution is 2.35. The lowest BCUT2D eigenvalue weighted by Gasteiger charge is -2.16. The Labute approximate surface area is 167 Å². The van der Waals surface area contributed by atoms with Crippen LogP contribution < -0.4 is 15.2 Å². The number of methoxy groups -OCH3 is 1. The summed E-state index contributed by atoms with van der Waals surface area (Å²) in [5.41, 5.74) is 7.33. The second-order valence-electron chi connectivity index (χ2n) is 6.56. The standard InChI is InChI=1S/C21H20N4O4/c1-25-10-9-23-21(25)13-3-8-16(17-12-19(20(22)26)29-24-17)18(11-13)28-15-6-4-14(27-2)5-7-15/h3-8,11-12H,9-10H2,1-2H3,(H2,22,26). The van der Waals surface area contributed by atoms with Gasteiger partial charge in [0.15, 0.2) is 0 Å². The van der Waals surface area contributed by atoms with E-state index < -0.39 is 5.91 Å². The minimum atomic E-state index is -0.681. The monoisotopic (exact) mass is 392 g/mol. The number of aliphatic imine (C=N–C) groups is 1. The number of nitrogens with zero attached hydrogens (tertiary/aromatic N) is 3. The Bertz CT molecular complexity index is 1070. The Hall–Kier alpha value is -3.81. The summed E-state index contributed by atoms with van der Waals surface area (Å²) < 4.78 is 16.4. The van der Waals surface area contributed by atoms with Crippen LogP contribution in [0.15, 0.2) is 58.0 Å². The molecule has 0 bridgehead atoms. The molecule has 0 unspecified atom stereocenters. The molecule has 1 aromatic heterocycles. The van der Waals surface area contributed by atoms with Crippen LogP contribution in [0.5, 0.6) is 17.2 Å². The minimum absolute atomic E-state index is 0.0145. The number of hydrogen-bond acceptors (Lipinski definition) is 7. The van der Waals surface area contributed by atoms with Gasteiger partial charge in [-0.2, -0.15) is 0 Å². The van der Waals surface area contributed by atoms with Gasteiger partial charge in [-0.25, -0.2) is 0 Å². The lowest BCUT2D eigenvalue weighted by atomic mass is 10.1. The lowest BCUT2D eigenvalue weighted by molar-refractivity contribution is 0.0965. The SMILES string of the molecule is COc1ccc(Oc2cc(C3=NCCN3C)ccc2-c2cc(C(N)=O)on2)cc1. The molecule has 1 aliphatic rings. The van der Waals surface area contributed by atoms with Crippen LogP contribution in [0.3, 0.4) is 0 Å². The predicted molar refractivity (Wildman–Crippen MR) is 108 cm³/mol. The number of aromatic nitrogens is 1. The molecule has 2 aromatic carbocycles. The van der Waals surface area contributed by atoms with Gasteiger partial charge in [0.2, 0.25) is 5.76 Å². The lowest BCUT2D eigenvalue weighted by Crippen LogP contribution is -2.23. The zero-order valence-corrected chi connectivity index (χ0v) is 16.1. The highest BCUT2D eigenvalue weighted by molar-refractivity contribution is 6.00. The first-order chi connectivity index (χ1) is 14.0. The smallest absolute Gasteiger partial charge is 0.287 e. The van der Waals surface area contributed by atoms with Crippen LogP contribution in [-0.4, -0.2) is 49.0 Å². The highest BCUT2D eigenvalue weighted by atomic mass is 16.5. The summed E-state index contributed by atoms with van der Waals surface area (Å²) in [5.74, 6) is 2.12. The average molecular weight is 392 g/mol. The van der Waals surface area contributed by atoms with E-state index in [4.69, 9.17) is 19.7 Å². The van der Waals surface area contributed by atoms with Crippen LogP contribution in [0, 0.1) is 0 Å². The van der Waals surface area contributed by atoms with E-state index in [1.165, 1.54) is 6.07 Å². The second-order valence-corrected chi connectivity index (χ2v) is 6.56. The molecule has 0 saturated carbocycles. The number of carbonyl (C=O) groups excluding carboxylic acids is 1. The molecule has 3 aromatic rings. The maximum atomic E-state index is 11.4. The van der Waals surface area contributed by atoms with Crippen molar-refractivity contribution < 1.29 is 18.8 Å². The normalized spacial score (nSPS) is 13.3. The quantitative estimate of drug-likeness (QED) is 0.692. The number of benzene rings is 2. The number of carbonyl (C=O) groups is 1. The Balaban J connectivity index is 1.75. The van der Waals surface area contributed by atoms with Gasteiger partial charge in [0, 0.05) is 30.8 Å². The van der Waals surface area contributed by atoms with Gasteiger partial charge in [-0.15, -0.1) is 0 Å². The zero-order chi connectivity index (χ0) is 20.4. The summed E-state index contributed by atoms with van der Waals surface area (Å²) in [6, 6.07) is 14.5. The van der Waals surface area contributed by atoms with Gasteiger partial charge in [0.25, 0.3) is 5.91 Å². The van der Waals surface area contributed by atoms with E-state index >= 15 is 0 Å². The third-order valence-corrected chi connectivity index (χ3v) is 4.61. The third kappa shape index (κ3) is 3.77. The van der Waals surface area contributed by atoms with Crippen molar-refractivity contribution in [1.82, 2.24) is 10.1 Å². The first-order valence-electron chi connectivity index (χ1n) is 9.04. The van der Waals surface area contributed by atoms with Crippen LogP contribution in [0.4, 0.5) is 0 Å². The first kappa shape index (κ1) is 18.5. The van der Waals surface area contributed by atoms with E-state index in [0.717, 1.165) is 30.2 Å². The van der Waals surface area contributed by atoms with Gasteiger partial charge in [0.05, 0.1) is 13.7 Å². The molecule has 0 fully saturated rings. The first-order valence-corrected chi connectivity index (χ1v) is 9.04. The Morgan fingerprint density at radius 3 is 2.52 bits per heavy atom. The molecular formula is C21H20N4O4. The van der Waals surface area contributed by atoms with E-state index in [0.29, 0.717) is 22.8 Å². The van der Waals surface area contributed by atoms with Crippen molar-refractivity contribution >= 4 is 11.7 Å². The van der Waals surface area contributed by atoms with Crippen molar-refractivity contribution in [3.8, 4) is 28.5 Å². The Kier molecular flexibility index (Phi) is 4.90. The molecule has 0 atom stereocenters. The summed E-state index contributed by atoms with van der Waals surface area (Å²) in [7, 11) is 3.61. The number of nitrogens with two attached hydrogens (primary N) is 1. The summed E-state index contributed by atoms with van der Waals surface area (Å²) in [6.07, 6.45) is 0. The van der Waals surface area contributed by atoms with Gasteiger partial charge >= 0.3 is 0 Å². The van der Waals surface area contributed by atoms with E-state index in [9.17, 15) is 4.79 Å². The van der Waals surface area contributed by atoms with Crippen LogP contribution in [-0.2, 0) is 0 Å². The number of primary amides is 1. The molecular weight excluding hydrogens is 372 g/mol. The number of amides is 1. The van der Waals surface area contributed by atoms with E-state index in [-0.39, 0.29) is 5.76 Å². The largest absolute Gasteiger partial charge is 0.497 e. The van der Waals surface area contributed by atoms with Crippen molar-refractivity contribution in [2.24, 2.45) is 10.7 Å². The van der Waals surface area contributed by atoms with Crippen molar-refractivity contribution in [2.75, 3.05) is 27.2 Å². The predicted octanol–water partition coefficient (Wildman–Crippen LogP) is 2.93.